The number of benzene rings is 2. The number of hydrogen-bond acceptors (Lipinski definition) is 7. The normalized spacial score (nSPS) is 19.3. The minimum absolute atomic E-state index is 0.148. The van der Waals surface area contributed by atoms with Crippen LogP contribution < -0.4 is 20.1 Å². The number of nitrogens with two attached hydrogens (primary N) is 1. The molecule has 42 heavy (non-hydrogen) atoms. The second-order valence-corrected chi connectivity index (χ2v) is 9.61. The molecule has 2 N–H and O–H groups in total. The summed E-state index contributed by atoms with van der Waals surface area (Å²) in [7, 11) is 0. The van der Waals surface area contributed by atoms with E-state index in [2.05, 4.69) is 29.7 Å². The predicted octanol–water partition coefficient (Wildman–Crippen LogP) is 6.22. The van der Waals surface area contributed by atoms with Gasteiger partial charge >= 0.3 is 13.0 Å². The first kappa shape index (κ1) is 30.4. The van der Waals surface area contributed by atoms with Gasteiger partial charge in [-0.2, -0.15) is 13.9 Å². The number of carbonyl (C=O) groups is 1. The lowest BCUT2D eigenvalue weighted by molar-refractivity contribution is -0.274. The number of ether oxygens (including phenoxy) is 2. The van der Waals surface area contributed by atoms with Gasteiger partial charge in [0.25, 0.3) is 0 Å². The topological polar surface area (TPSA) is 114 Å². The molecule has 2 aromatic carbocycles. The third kappa shape index (κ3) is 8.73. The first-order valence-corrected chi connectivity index (χ1v) is 13.3. The zero-order valence-electron chi connectivity index (χ0n) is 21.6. The van der Waals surface area contributed by atoms with Gasteiger partial charge < -0.3 is 15.2 Å². The van der Waals surface area contributed by atoms with E-state index in [4.69, 9.17) is 5.73 Å². The van der Waals surface area contributed by atoms with Crippen LogP contribution in [-0.4, -0.2) is 48.2 Å². The lowest BCUT2D eigenvalue weighted by atomic mass is 9.96. The molecule has 1 atom stereocenters. The number of alkyl halides is 5. The van der Waals surface area contributed by atoms with E-state index in [1.165, 1.54) is 59.5 Å². The standard InChI is InChI=1S/C27H23F5N6O3S/c28-25(29)40-22-4-2-1-3-21(22)38-23(39)13-14-42-26(38)37-36-15-17-5-7-18(8-6-17)24(33)35-16-34-19-9-11-20(12-10-19)41-27(30,31)32/h1-7,9-12,15-16,18,25H,8,13-14H2,(H2,33,34,35). The van der Waals surface area contributed by atoms with Gasteiger partial charge in [-0.25, -0.2) is 9.98 Å². The smallest absolute Gasteiger partial charge is 0.433 e. The molecule has 1 amide bonds. The Balaban J connectivity index is 1.36. The number of halogens is 5. The molecule has 0 spiro atoms. The van der Waals surface area contributed by atoms with Crippen LogP contribution in [0, 0.1) is 5.92 Å². The average molecular weight is 607 g/mol. The molecule has 1 fully saturated rings. The van der Waals surface area contributed by atoms with E-state index in [1.807, 2.05) is 12.2 Å². The fraction of sp³-hybridized carbons (Fsp3) is 0.222. The second kappa shape index (κ2) is 13.9. The molecular formula is C27H23F5N6O3S. The summed E-state index contributed by atoms with van der Waals surface area (Å²) in [5.41, 5.74) is 7.29. The number of anilines is 1. The first-order chi connectivity index (χ1) is 20.1. The summed E-state index contributed by atoms with van der Waals surface area (Å²) in [5, 5.41) is 8.47. The van der Waals surface area contributed by atoms with Crippen molar-refractivity contribution in [3.63, 3.8) is 0 Å². The van der Waals surface area contributed by atoms with Gasteiger partial charge in [0.15, 0.2) is 5.17 Å². The Morgan fingerprint density at radius 2 is 1.90 bits per heavy atom. The zero-order chi connectivity index (χ0) is 30.1. The minimum atomic E-state index is -4.77. The number of amidine groups is 2. The van der Waals surface area contributed by atoms with Crippen molar-refractivity contribution in [2.75, 3.05) is 10.7 Å². The number of para-hydroxylation sites is 2. The number of rotatable bonds is 9. The maximum Gasteiger partial charge on any atom is 0.573 e. The largest absolute Gasteiger partial charge is 0.573 e. The number of carbonyl (C=O) groups excluding carboxylic acids is 1. The average Bonchev–Trinajstić information content (AvgIpc) is 2.94. The lowest BCUT2D eigenvalue weighted by Gasteiger charge is -2.28. The van der Waals surface area contributed by atoms with Crippen molar-refractivity contribution in [2.24, 2.45) is 31.8 Å². The molecule has 2 aliphatic rings. The molecule has 1 aliphatic heterocycles. The van der Waals surface area contributed by atoms with E-state index in [-0.39, 0.29) is 46.4 Å². The maximum atomic E-state index is 12.9. The Morgan fingerprint density at radius 3 is 2.60 bits per heavy atom. The number of amides is 1. The van der Waals surface area contributed by atoms with Gasteiger partial charge in [-0.15, -0.1) is 18.3 Å². The number of allylic oxidation sites excluding steroid dienone is 3. The molecule has 220 valence electrons. The Morgan fingerprint density at radius 1 is 1.14 bits per heavy atom. The first-order valence-electron chi connectivity index (χ1n) is 12.3. The number of nitrogens with zero attached hydrogens (tertiary/aromatic N) is 5. The van der Waals surface area contributed by atoms with E-state index in [0.717, 1.165) is 17.7 Å². The number of aliphatic imine (C=N–C) groups is 2. The SMILES string of the molecule is NC(=NC=Nc1ccc(OC(F)(F)F)cc1)C1C=CC(C=NN=C2SCCC(=O)N2c2ccccc2OC(F)F)=CC1. The van der Waals surface area contributed by atoms with E-state index in [9.17, 15) is 26.7 Å². The molecule has 0 saturated carbocycles. The summed E-state index contributed by atoms with van der Waals surface area (Å²) in [4.78, 5) is 22.0. The molecule has 1 saturated heterocycles. The van der Waals surface area contributed by atoms with E-state index in [0.29, 0.717) is 17.9 Å². The third-order valence-corrected chi connectivity index (χ3v) is 6.58. The summed E-state index contributed by atoms with van der Waals surface area (Å²) < 4.78 is 70.9. The van der Waals surface area contributed by atoms with Crippen LogP contribution in [0.1, 0.15) is 12.8 Å². The van der Waals surface area contributed by atoms with Crippen LogP contribution in [0.15, 0.2) is 92.5 Å². The van der Waals surface area contributed by atoms with Crippen molar-refractivity contribution >= 4 is 52.6 Å². The molecule has 1 heterocycles. The minimum Gasteiger partial charge on any atom is -0.433 e. The van der Waals surface area contributed by atoms with Crippen molar-refractivity contribution in [3.05, 3.63) is 72.3 Å². The number of thioether (sulfide) groups is 1. The maximum absolute atomic E-state index is 12.9. The highest BCUT2D eigenvalue weighted by atomic mass is 32.2. The fourth-order valence-electron chi connectivity index (χ4n) is 3.75. The Hall–Kier alpha value is -4.53. The van der Waals surface area contributed by atoms with Crippen molar-refractivity contribution < 1.29 is 36.2 Å². The van der Waals surface area contributed by atoms with Gasteiger partial charge in [-0.1, -0.05) is 42.1 Å². The highest BCUT2D eigenvalue weighted by Crippen LogP contribution is 2.34. The van der Waals surface area contributed by atoms with Crippen molar-refractivity contribution in [3.8, 4) is 11.5 Å². The predicted molar refractivity (Wildman–Crippen MR) is 152 cm³/mol. The van der Waals surface area contributed by atoms with Gasteiger partial charge in [0.2, 0.25) is 5.91 Å². The molecule has 0 aromatic heterocycles. The summed E-state index contributed by atoms with van der Waals surface area (Å²) >= 11 is 1.26. The molecular weight excluding hydrogens is 583 g/mol. The zero-order valence-corrected chi connectivity index (χ0v) is 22.4. The molecule has 4 rings (SSSR count). The van der Waals surface area contributed by atoms with Gasteiger partial charge in [0.1, 0.15) is 23.7 Å². The molecule has 0 bridgehead atoms. The van der Waals surface area contributed by atoms with E-state index < -0.39 is 13.0 Å². The van der Waals surface area contributed by atoms with Crippen molar-refractivity contribution in [1.82, 2.24) is 0 Å². The molecule has 0 radical (unpaired) electrons. The summed E-state index contributed by atoms with van der Waals surface area (Å²) in [6.45, 7) is -3.06. The van der Waals surface area contributed by atoms with Crippen LogP contribution >= 0.6 is 11.8 Å². The molecule has 9 nitrogen and oxygen atoms in total. The van der Waals surface area contributed by atoms with Gasteiger partial charge in [0.05, 0.1) is 17.6 Å². The molecule has 15 heteroatoms. The highest BCUT2D eigenvalue weighted by molar-refractivity contribution is 8.14. The summed E-state index contributed by atoms with van der Waals surface area (Å²) in [5.74, 6) is -0.318. The van der Waals surface area contributed by atoms with Crippen LogP contribution in [0.25, 0.3) is 0 Å². The van der Waals surface area contributed by atoms with Gasteiger partial charge in [0, 0.05) is 18.1 Å². The quantitative estimate of drug-likeness (QED) is 0.158. The van der Waals surface area contributed by atoms with Crippen LogP contribution in [0.3, 0.4) is 0 Å². The molecule has 2 aromatic rings. The third-order valence-electron chi connectivity index (χ3n) is 5.65. The summed E-state index contributed by atoms with van der Waals surface area (Å²) in [6.07, 6.45) is 4.05. The Kier molecular flexibility index (Phi) is 10.1. The molecule has 1 unspecified atom stereocenters. The van der Waals surface area contributed by atoms with E-state index in [1.54, 1.807) is 12.1 Å². The monoisotopic (exact) mass is 606 g/mol. The van der Waals surface area contributed by atoms with Crippen LogP contribution in [0.4, 0.5) is 33.3 Å². The lowest BCUT2D eigenvalue weighted by Crippen LogP contribution is -2.39. The van der Waals surface area contributed by atoms with Crippen LogP contribution in [0.5, 0.6) is 11.5 Å². The van der Waals surface area contributed by atoms with Crippen LogP contribution in [-0.2, 0) is 4.79 Å². The second-order valence-electron chi connectivity index (χ2n) is 8.55. The van der Waals surface area contributed by atoms with E-state index >= 15 is 0 Å². The van der Waals surface area contributed by atoms with Gasteiger partial charge in [-0.05, 0) is 48.4 Å². The summed E-state index contributed by atoms with van der Waals surface area (Å²) in [6, 6.07) is 10.9. The van der Waals surface area contributed by atoms with Gasteiger partial charge in [-0.3, -0.25) is 9.69 Å². The Bertz CT molecular complexity index is 1450. The van der Waals surface area contributed by atoms with Crippen molar-refractivity contribution in [1.29, 1.82) is 0 Å². The fourth-order valence-corrected chi connectivity index (χ4v) is 4.64. The Labute approximate surface area is 241 Å². The van der Waals surface area contributed by atoms with Crippen molar-refractivity contribution in [2.45, 2.75) is 25.8 Å². The molecule has 1 aliphatic carbocycles. The van der Waals surface area contributed by atoms with Crippen LogP contribution in [0.2, 0.25) is 0 Å². The number of hydrogen-bond donors (Lipinski definition) is 1. The highest BCUT2D eigenvalue weighted by Gasteiger charge is 2.31.